The van der Waals surface area contributed by atoms with Gasteiger partial charge < -0.3 is 20.1 Å². The summed E-state index contributed by atoms with van der Waals surface area (Å²) < 4.78 is 6.15. The van der Waals surface area contributed by atoms with Crippen molar-refractivity contribution in [1.29, 1.82) is 0 Å². The van der Waals surface area contributed by atoms with Crippen LogP contribution in [-0.4, -0.2) is 56.9 Å². The zero-order valence-electron chi connectivity index (χ0n) is 18.5. The third-order valence-electron chi connectivity index (χ3n) is 4.85. The number of aliphatic hydroxyl groups excluding tert-OH is 1. The lowest BCUT2D eigenvalue weighted by atomic mass is 10.1. The molecule has 0 amide bonds. The fourth-order valence-electron chi connectivity index (χ4n) is 3.31. The van der Waals surface area contributed by atoms with E-state index in [1.165, 1.54) is 16.9 Å². The van der Waals surface area contributed by atoms with Crippen molar-refractivity contribution >= 4 is 16.5 Å². The Morgan fingerprint density at radius 1 is 1.03 bits per heavy atom. The number of ether oxygens (including phenoxy) is 1. The van der Waals surface area contributed by atoms with E-state index < -0.39 is 6.23 Å². The fourth-order valence-corrected chi connectivity index (χ4v) is 4.09. The maximum absolute atomic E-state index is 10.6. The molecule has 4 aromatic rings. The molecule has 0 saturated heterocycles. The average molecular weight is 463 g/mol. The standard InChI is InChI=1S/C24H26N6O2S/c1-30(2)16-20(14-17-6-4-3-5-7-17)32-21-9-8-19(15-26-21)22(31)27-24-29-28-23(33-24)18-10-12-25-13-11-18/h3-13,15,20,22,31H,14,16H2,1-2H3,(H,27,29)/t20-,22?/m1/s1. The van der Waals surface area contributed by atoms with Crippen LogP contribution in [0.4, 0.5) is 5.13 Å². The Labute approximate surface area is 196 Å². The highest BCUT2D eigenvalue weighted by Gasteiger charge is 2.16. The summed E-state index contributed by atoms with van der Waals surface area (Å²) in [6.07, 6.45) is 4.79. The Morgan fingerprint density at radius 3 is 2.52 bits per heavy atom. The predicted octanol–water partition coefficient (Wildman–Crippen LogP) is 3.65. The average Bonchev–Trinajstić information content (AvgIpc) is 3.29. The van der Waals surface area contributed by atoms with E-state index in [1.807, 2.05) is 44.4 Å². The van der Waals surface area contributed by atoms with Crippen LogP contribution in [0.15, 0.2) is 73.2 Å². The van der Waals surface area contributed by atoms with Gasteiger partial charge in [-0.2, -0.15) is 0 Å². The van der Waals surface area contributed by atoms with Crippen LogP contribution in [0.2, 0.25) is 0 Å². The third kappa shape index (κ3) is 6.55. The van der Waals surface area contributed by atoms with E-state index in [-0.39, 0.29) is 6.10 Å². The van der Waals surface area contributed by atoms with Crippen molar-refractivity contribution in [3.8, 4) is 16.5 Å². The normalized spacial score (nSPS) is 13.0. The summed E-state index contributed by atoms with van der Waals surface area (Å²) in [7, 11) is 4.04. The minimum absolute atomic E-state index is 0.0446. The van der Waals surface area contributed by atoms with Gasteiger partial charge in [-0.15, -0.1) is 10.2 Å². The van der Waals surface area contributed by atoms with Gasteiger partial charge >= 0.3 is 0 Å². The Balaban J connectivity index is 1.38. The molecule has 0 spiro atoms. The SMILES string of the molecule is CN(C)C[C@@H](Cc1ccccc1)Oc1ccc(C(O)Nc2nnc(-c3ccncc3)s2)cn1. The number of anilines is 1. The first kappa shape index (κ1) is 22.8. The summed E-state index contributed by atoms with van der Waals surface area (Å²) in [5, 5.41) is 23.1. The molecule has 0 aliphatic heterocycles. The Kier molecular flexibility index (Phi) is 7.56. The number of aromatic nitrogens is 4. The minimum Gasteiger partial charge on any atom is -0.473 e. The predicted molar refractivity (Wildman–Crippen MR) is 129 cm³/mol. The number of hydrogen-bond acceptors (Lipinski definition) is 9. The molecular weight excluding hydrogens is 436 g/mol. The van der Waals surface area contributed by atoms with E-state index in [2.05, 4.69) is 42.5 Å². The molecule has 170 valence electrons. The molecular formula is C24H26N6O2S. The van der Waals surface area contributed by atoms with Gasteiger partial charge in [-0.05, 0) is 37.9 Å². The van der Waals surface area contributed by atoms with Crippen LogP contribution in [0, 0.1) is 0 Å². The molecule has 0 aliphatic rings. The molecule has 2 N–H and O–H groups in total. The smallest absolute Gasteiger partial charge is 0.213 e. The number of pyridine rings is 2. The van der Waals surface area contributed by atoms with E-state index in [4.69, 9.17) is 4.74 Å². The van der Waals surface area contributed by atoms with Crippen LogP contribution in [0.3, 0.4) is 0 Å². The molecule has 9 heteroatoms. The second-order valence-corrected chi connectivity index (χ2v) is 8.79. The number of hydrogen-bond donors (Lipinski definition) is 2. The van der Waals surface area contributed by atoms with Gasteiger partial charge in [0.15, 0.2) is 6.23 Å². The molecule has 1 aromatic carbocycles. The third-order valence-corrected chi connectivity index (χ3v) is 5.75. The highest BCUT2D eigenvalue weighted by atomic mass is 32.1. The quantitative estimate of drug-likeness (QED) is 0.345. The number of benzene rings is 1. The zero-order chi connectivity index (χ0) is 23.0. The molecule has 3 heterocycles. The van der Waals surface area contributed by atoms with Crippen LogP contribution in [-0.2, 0) is 6.42 Å². The Hall–Kier alpha value is -3.40. The summed E-state index contributed by atoms with van der Waals surface area (Å²) in [6.45, 7) is 0.763. The summed E-state index contributed by atoms with van der Waals surface area (Å²) in [4.78, 5) is 10.5. The van der Waals surface area contributed by atoms with Gasteiger partial charge in [0, 0.05) is 48.7 Å². The highest BCUT2D eigenvalue weighted by Crippen LogP contribution is 2.28. The van der Waals surface area contributed by atoms with E-state index >= 15 is 0 Å². The molecule has 0 bridgehead atoms. The minimum atomic E-state index is -0.966. The van der Waals surface area contributed by atoms with Crippen molar-refractivity contribution in [3.63, 3.8) is 0 Å². The van der Waals surface area contributed by atoms with Gasteiger partial charge in [0.2, 0.25) is 11.0 Å². The first-order valence-electron chi connectivity index (χ1n) is 10.6. The maximum atomic E-state index is 10.6. The van der Waals surface area contributed by atoms with Gasteiger partial charge in [0.05, 0.1) is 0 Å². The molecule has 2 atom stereocenters. The van der Waals surface area contributed by atoms with Gasteiger partial charge in [0.25, 0.3) is 0 Å². The summed E-state index contributed by atoms with van der Waals surface area (Å²) in [6, 6.07) is 17.6. The summed E-state index contributed by atoms with van der Waals surface area (Å²) in [5.41, 5.74) is 2.75. The molecule has 8 nitrogen and oxygen atoms in total. The van der Waals surface area contributed by atoms with Gasteiger partial charge in [0.1, 0.15) is 11.1 Å². The van der Waals surface area contributed by atoms with Crippen LogP contribution in [0.5, 0.6) is 5.88 Å². The molecule has 0 radical (unpaired) electrons. The van der Waals surface area contributed by atoms with Crippen LogP contribution in [0.25, 0.3) is 10.6 Å². The van der Waals surface area contributed by atoms with Gasteiger partial charge in [-0.1, -0.05) is 41.7 Å². The van der Waals surface area contributed by atoms with Crippen molar-refractivity contribution in [1.82, 2.24) is 25.1 Å². The molecule has 1 unspecified atom stereocenters. The number of rotatable bonds is 10. The van der Waals surface area contributed by atoms with Crippen molar-refractivity contribution in [2.45, 2.75) is 18.8 Å². The van der Waals surface area contributed by atoms with Crippen LogP contribution < -0.4 is 10.1 Å². The van der Waals surface area contributed by atoms with Crippen molar-refractivity contribution in [2.24, 2.45) is 0 Å². The number of aliphatic hydroxyl groups is 1. The molecule has 33 heavy (non-hydrogen) atoms. The van der Waals surface area contributed by atoms with Crippen LogP contribution in [0.1, 0.15) is 17.4 Å². The van der Waals surface area contributed by atoms with Crippen molar-refractivity contribution < 1.29 is 9.84 Å². The van der Waals surface area contributed by atoms with Crippen molar-refractivity contribution in [2.75, 3.05) is 26.0 Å². The monoisotopic (exact) mass is 462 g/mol. The molecule has 0 fully saturated rings. The topological polar surface area (TPSA) is 96.3 Å². The lowest BCUT2D eigenvalue weighted by molar-refractivity contribution is 0.153. The van der Waals surface area contributed by atoms with E-state index in [0.717, 1.165) is 23.5 Å². The molecule has 0 saturated carbocycles. The highest BCUT2D eigenvalue weighted by molar-refractivity contribution is 7.18. The first-order chi connectivity index (χ1) is 16.1. The second kappa shape index (κ2) is 11.0. The lowest BCUT2D eigenvalue weighted by Gasteiger charge is -2.22. The number of nitrogens with one attached hydrogen (secondary N) is 1. The van der Waals surface area contributed by atoms with E-state index in [0.29, 0.717) is 16.6 Å². The zero-order valence-corrected chi connectivity index (χ0v) is 19.3. The summed E-state index contributed by atoms with van der Waals surface area (Å²) in [5.74, 6) is 0.518. The fraction of sp³-hybridized carbons (Fsp3) is 0.250. The molecule has 4 rings (SSSR count). The van der Waals surface area contributed by atoms with E-state index in [1.54, 1.807) is 30.7 Å². The molecule has 0 aliphatic carbocycles. The lowest BCUT2D eigenvalue weighted by Crippen LogP contribution is -2.32. The number of likely N-dealkylation sites (N-methyl/N-ethyl adjacent to an activating group) is 1. The largest absolute Gasteiger partial charge is 0.473 e. The van der Waals surface area contributed by atoms with Gasteiger partial charge in [-0.25, -0.2) is 4.98 Å². The molecule has 3 aromatic heterocycles. The second-order valence-electron chi connectivity index (χ2n) is 7.82. The Morgan fingerprint density at radius 2 is 1.82 bits per heavy atom. The van der Waals surface area contributed by atoms with Gasteiger partial charge in [-0.3, -0.25) is 4.98 Å². The summed E-state index contributed by atoms with van der Waals surface area (Å²) >= 11 is 1.36. The Bertz CT molecular complexity index is 1120. The number of nitrogens with zero attached hydrogens (tertiary/aromatic N) is 5. The maximum Gasteiger partial charge on any atom is 0.213 e. The van der Waals surface area contributed by atoms with Crippen LogP contribution >= 0.6 is 11.3 Å². The van der Waals surface area contributed by atoms with Crippen molar-refractivity contribution in [3.05, 3.63) is 84.3 Å². The van der Waals surface area contributed by atoms with E-state index in [9.17, 15) is 5.11 Å². The first-order valence-corrected chi connectivity index (χ1v) is 11.4.